The van der Waals surface area contributed by atoms with Crippen molar-refractivity contribution >= 4 is 53.8 Å². The Morgan fingerprint density at radius 1 is 1.29 bits per heavy atom. The van der Waals surface area contributed by atoms with E-state index in [9.17, 15) is 4.79 Å². The molecular formula is C9H7Br3O2. The molecule has 0 saturated carbocycles. The van der Waals surface area contributed by atoms with Crippen molar-refractivity contribution in [2.24, 2.45) is 0 Å². The number of hydrogen-bond acceptors (Lipinski definition) is 1. The zero-order valence-electron chi connectivity index (χ0n) is 6.95. The molecule has 76 valence electrons. The van der Waals surface area contributed by atoms with E-state index in [0.29, 0.717) is 0 Å². The molecule has 1 rings (SSSR count). The Bertz CT molecular complexity index is 341. The zero-order valence-corrected chi connectivity index (χ0v) is 11.7. The van der Waals surface area contributed by atoms with Crippen molar-refractivity contribution < 1.29 is 9.90 Å². The lowest BCUT2D eigenvalue weighted by Crippen LogP contribution is -2.18. The number of alkyl halides is 2. The molecule has 2 nitrogen and oxygen atoms in total. The summed E-state index contributed by atoms with van der Waals surface area (Å²) in [7, 11) is 0. The fraction of sp³-hybridized carbons (Fsp3) is 0.222. The minimum Gasteiger partial charge on any atom is -0.480 e. The predicted octanol–water partition coefficient (Wildman–Crippen LogP) is 3.73. The van der Waals surface area contributed by atoms with Gasteiger partial charge in [0.15, 0.2) is 0 Å². The van der Waals surface area contributed by atoms with Crippen molar-refractivity contribution in [1.82, 2.24) is 0 Å². The van der Waals surface area contributed by atoms with Crippen molar-refractivity contribution in [3.63, 3.8) is 0 Å². The van der Waals surface area contributed by atoms with Gasteiger partial charge in [-0.1, -0.05) is 66.0 Å². The number of benzene rings is 1. The van der Waals surface area contributed by atoms with Crippen LogP contribution < -0.4 is 0 Å². The Kier molecular flexibility index (Phi) is 4.60. The highest BCUT2D eigenvalue weighted by Gasteiger charge is 2.25. The van der Waals surface area contributed by atoms with Gasteiger partial charge < -0.3 is 5.11 Å². The van der Waals surface area contributed by atoms with E-state index in [0.717, 1.165) is 10.0 Å². The molecule has 0 aliphatic carbocycles. The summed E-state index contributed by atoms with van der Waals surface area (Å²) in [6, 6.07) is 7.51. The fourth-order valence-electron chi connectivity index (χ4n) is 0.982. The van der Waals surface area contributed by atoms with Crippen LogP contribution in [0.5, 0.6) is 0 Å². The number of halogens is 3. The summed E-state index contributed by atoms with van der Waals surface area (Å²) in [6.45, 7) is 0. The first kappa shape index (κ1) is 12.2. The number of aliphatic carboxylic acids is 1. The Morgan fingerprint density at radius 2 is 1.86 bits per heavy atom. The smallest absolute Gasteiger partial charge is 0.318 e. The SMILES string of the molecule is O=C(O)[C@@H](Br)[C@@H](Br)c1ccccc1Br. The largest absolute Gasteiger partial charge is 0.480 e. The monoisotopic (exact) mass is 384 g/mol. The van der Waals surface area contributed by atoms with Gasteiger partial charge in [0.25, 0.3) is 0 Å². The molecule has 0 spiro atoms. The second-order valence-corrected chi connectivity index (χ2v) is 5.49. The van der Waals surface area contributed by atoms with E-state index < -0.39 is 10.8 Å². The third kappa shape index (κ3) is 2.81. The van der Waals surface area contributed by atoms with E-state index >= 15 is 0 Å². The maximum atomic E-state index is 10.7. The topological polar surface area (TPSA) is 37.3 Å². The standard InChI is InChI=1S/C9H7Br3O2/c10-6-4-2-1-3-5(6)7(11)8(12)9(13)14/h1-4,7-8H,(H,13,14)/t7-,8-/m0/s1. The van der Waals surface area contributed by atoms with Gasteiger partial charge in [0.2, 0.25) is 0 Å². The number of carboxylic acids is 1. The van der Waals surface area contributed by atoms with Crippen LogP contribution in [0.25, 0.3) is 0 Å². The first-order valence-electron chi connectivity index (χ1n) is 3.79. The summed E-state index contributed by atoms with van der Waals surface area (Å²) < 4.78 is 0.896. The molecule has 1 N–H and O–H groups in total. The highest BCUT2D eigenvalue weighted by atomic mass is 79.9. The third-order valence-electron chi connectivity index (χ3n) is 1.70. The van der Waals surface area contributed by atoms with Crippen LogP contribution in [0.4, 0.5) is 0 Å². The molecular weight excluding hydrogens is 380 g/mol. The molecule has 0 bridgehead atoms. The van der Waals surface area contributed by atoms with Gasteiger partial charge in [0.05, 0.1) is 4.83 Å². The Balaban J connectivity index is 2.94. The van der Waals surface area contributed by atoms with E-state index in [-0.39, 0.29) is 4.83 Å². The quantitative estimate of drug-likeness (QED) is 0.804. The maximum absolute atomic E-state index is 10.7. The molecule has 1 aromatic carbocycles. The minimum absolute atomic E-state index is 0.254. The summed E-state index contributed by atoms with van der Waals surface area (Å²) in [6.07, 6.45) is 0. The highest BCUT2D eigenvalue weighted by molar-refractivity contribution is 9.12. The van der Waals surface area contributed by atoms with Crippen molar-refractivity contribution in [2.45, 2.75) is 9.65 Å². The number of rotatable bonds is 3. The van der Waals surface area contributed by atoms with E-state index in [4.69, 9.17) is 5.11 Å². The van der Waals surface area contributed by atoms with Crippen molar-refractivity contribution in [3.8, 4) is 0 Å². The summed E-state index contributed by atoms with van der Waals surface area (Å²) in [5.41, 5.74) is 0.914. The predicted molar refractivity (Wildman–Crippen MR) is 66.2 cm³/mol. The molecule has 0 heterocycles. The van der Waals surface area contributed by atoms with Crippen LogP contribution in [0.1, 0.15) is 10.4 Å². The Labute approximate surface area is 107 Å². The van der Waals surface area contributed by atoms with E-state index in [2.05, 4.69) is 47.8 Å². The minimum atomic E-state index is -0.886. The fourth-order valence-corrected chi connectivity index (χ4v) is 2.73. The number of carbonyl (C=O) groups is 1. The molecule has 0 aromatic heterocycles. The van der Waals surface area contributed by atoms with Crippen LogP contribution in [0.15, 0.2) is 28.7 Å². The molecule has 0 aliphatic rings. The van der Waals surface area contributed by atoms with Crippen molar-refractivity contribution in [2.75, 3.05) is 0 Å². The van der Waals surface area contributed by atoms with Gasteiger partial charge in [-0.15, -0.1) is 0 Å². The molecule has 1 aromatic rings. The van der Waals surface area contributed by atoms with Gasteiger partial charge in [-0.3, -0.25) is 4.79 Å². The van der Waals surface area contributed by atoms with E-state index in [1.165, 1.54) is 0 Å². The average molecular weight is 387 g/mol. The number of hydrogen-bond donors (Lipinski definition) is 1. The molecule has 5 heteroatoms. The second-order valence-electron chi connectivity index (χ2n) is 2.66. The van der Waals surface area contributed by atoms with Gasteiger partial charge in [-0.25, -0.2) is 0 Å². The van der Waals surface area contributed by atoms with E-state index in [1.54, 1.807) is 0 Å². The first-order valence-corrected chi connectivity index (χ1v) is 6.42. The average Bonchev–Trinajstić information content (AvgIpc) is 2.16. The normalized spacial score (nSPS) is 14.8. The lowest BCUT2D eigenvalue weighted by atomic mass is 10.1. The van der Waals surface area contributed by atoms with Crippen molar-refractivity contribution in [3.05, 3.63) is 34.3 Å². The van der Waals surface area contributed by atoms with Crippen LogP contribution in [0.3, 0.4) is 0 Å². The molecule has 2 atom stereocenters. The van der Waals surface area contributed by atoms with Gasteiger partial charge in [-0.05, 0) is 11.6 Å². The first-order chi connectivity index (χ1) is 6.54. The van der Waals surface area contributed by atoms with Crippen LogP contribution in [0.2, 0.25) is 0 Å². The van der Waals surface area contributed by atoms with E-state index in [1.807, 2.05) is 24.3 Å². The molecule has 0 fully saturated rings. The molecule has 0 aliphatic heterocycles. The highest BCUT2D eigenvalue weighted by Crippen LogP contribution is 2.35. The molecule has 0 amide bonds. The maximum Gasteiger partial charge on any atom is 0.318 e. The second kappa shape index (κ2) is 5.28. The summed E-state index contributed by atoms with van der Waals surface area (Å²) in [5.74, 6) is -0.886. The van der Waals surface area contributed by atoms with Crippen LogP contribution in [-0.2, 0) is 4.79 Å². The molecule has 0 saturated heterocycles. The summed E-state index contributed by atoms with van der Waals surface area (Å²) in [5, 5.41) is 8.81. The van der Waals surface area contributed by atoms with Crippen molar-refractivity contribution in [1.29, 1.82) is 0 Å². The lowest BCUT2D eigenvalue weighted by molar-refractivity contribution is -0.136. The van der Waals surface area contributed by atoms with Gasteiger partial charge in [0.1, 0.15) is 4.83 Å². The number of carboxylic acid groups (broad SMARTS) is 1. The molecule has 0 unspecified atom stereocenters. The van der Waals surface area contributed by atoms with Crippen LogP contribution >= 0.6 is 47.8 Å². The lowest BCUT2D eigenvalue weighted by Gasteiger charge is -2.14. The van der Waals surface area contributed by atoms with Gasteiger partial charge in [-0.2, -0.15) is 0 Å². The van der Waals surface area contributed by atoms with Crippen LogP contribution in [0, 0.1) is 0 Å². The Hall–Kier alpha value is 0.130. The van der Waals surface area contributed by atoms with Gasteiger partial charge in [0, 0.05) is 4.47 Å². The Morgan fingerprint density at radius 3 is 2.36 bits per heavy atom. The third-order valence-corrected chi connectivity index (χ3v) is 5.07. The molecule has 14 heavy (non-hydrogen) atoms. The zero-order chi connectivity index (χ0) is 10.7. The van der Waals surface area contributed by atoms with Crippen LogP contribution in [-0.4, -0.2) is 15.9 Å². The summed E-state index contributed by atoms with van der Waals surface area (Å²) in [4.78, 5) is 9.84. The molecule has 0 radical (unpaired) electrons. The van der Waals surface area contributed by atoms with Gasteiger partial charge >= 0.3 is 5.97 Å². The summed E-state index contributed by atoms with van der Waals surface area (Å²) >= 11 is 9.83.